The Morgan fingerprint density at radius 1 is 1.37 bits per heavy atom. The van der Waals surface area contributed by atoms with E-state index in [-0.39, 0.29) is 11.3 Å². The van der Waals surface area contributed by atoms with E-state index in [4.69, 9.17) is 16.9 Å². The smallest absolute Gasteiger partial charge is 0.258 e. The lowest BCUT2D eigenvalue weighted by Crippen LogP contribution is -1.92. The molecule has 2 rings (SSSR count). The molecule has 1 aromatic heterocycles. The highest BCUT2D eigenvalue weighted by Crippen LogP contribution is 2.30. The van der Waals surface area contributed by atoms with Crippen LogP contribution in [0.15, 0.2) is 46.5 Å². The van der Waals surface area contributed by atoms with Gasteiger partial charge in [-0.05, 0) is 24.3 Å². The number of rotatable bonds is 3. The van der Waals surface area contributed by atoms with Gasteiger partial charge in [0, 0.05) is 17.2 Å². The van der Waals surface area contributed by atoms with Crippen LogP contribution in [0.4, 0.5) is 5.69 Å². The highest BCUT2D eigenvalue weighted by Gasteiger charge is 2.14. The fraction of sp³-hybridized carbons (Fsp3) is 0. The molecule has 0 aliphatic heterocycles. The summed E-state index contributed by atoms with van der Waals surface area (Å²) in [6.07, 6.45) is 1.50. The molecule has 5 nitrogen and oxygen atoms in total. The van der Waals surface area contributed by atoms with Gasteiger partial charge < -0.3 is 0 Å². The van der Waals surface area contributed by atoms with Gasteiger partial charge >= 0.3 is 0 Å². The summed E-state index contributed by atoms with van der Waals surface area (Å²) in [7, 11) is 0. The molecule has 0 fully saturated rings. The zero-order valence-corrected chi connectivity index (χ0v) is 11.0. The topological polar surface area (TPSA) is 79.8 Å². The summed E-state index contributed by atoms with van der Waals surface area (Å²) in [6.45, 7) is 0. The van der Waals surface area contributed by atoms with Crippen LogP contribution in [0.3, 0.4) is 0 Å². The molecule has 0 saturated heterocycles. The molecule has 19 heavy (non-hydrogen) atoms. The lowest BCUT2D eigenvalue weighted by Gasteiger charge is -2.02. The van der Waals surface area contributed by atoms with Crippen LogP contribution < -0.4 is 0 Å². The quantitative estimate of drug-likeness (QED) is 0.637. The van der Waals surface area contributed by atoms with Gasteiger partial charge in [0.2, 0.25) is 0 Å². The number of hydrogen-bond acceptors (Lipinski definition) is 5. The van der Waals surface area contributed by atoms with Gasteiger partial charge in [0.05, 0.1) is 9.95 Å². The summed E-state index contributed by atoms with van der Waals surface area (Å²) < 4.78 is 0. The number of benzene rings is 1. The van der Waals surface area contributed by atoms with Crippen LogP contribution in [0.1, 0.15) is 5.56 Å². The molecular weight excluding hydrogens is 286 g/mol. The first kappa shape index (κ1) is 13.3. The number of nitro groups is 1. The van der Waals surface area contributed by atoms with Crippen molar-refractivity contribution in [3.05, 3.63) is 57.2 Å². The van der Waals surface area contributed by atoms with Crippen molar-refractivity contribution in [2.75, 3.05) is 0 Å². The first-order chi connectivity index (χ1) is 9.10. The van der Waals surface area contributed by atoms with Crippen LogP contribution in [0.5, 0.6) is 0 Å². The largest absolute Gasteiger partial charge is 0.288 e. The number of nitriles is 1. The second-order valence-corrected chi connectivity index (χ2v) is 4.99. The lowest BCUT2D eigenvalue weighted by molar-refractivity contribution is -0.385. The Labute approximate surface area is 118 Å². The van der Waals surface area contributed by atoms with E-state index < -0.39 is 4.92 Å². The normalized spacial score (nSPS) is 9.89. The fourth-order valence-corrected chi connectivity index (χ4v) is 2.27. The maximum absolute atomic E-state index is 10.8. The maximum Gasteiger partial charge on any atom is 0.288 e. The average molecular weight is 292 g/mol. The zero-order valence-electron chi connectivity index (χ0n) is 9.41. The molecule has 7 heteroatoms. The van der Waals surface area contributed by atoms with Gasteiger partial charge in [0.15, 0.2) is 0 Å². The second kappa shape index (κ2) is 5.69. The van der Waals surface area contributed by atoms with E-state index in [9.17, 15) is 10.1 Å². The molecule has 1 heterocycles. The van der Waals surface area contributed by atoms with Crippen molar-refractivity contribution >= 4 is 29.1 Å². The summed E-state index contributed by atoms with van der Waals surface area (Å²) >= 11 is 6.99. The number of nitro benzene ring substituents is 1. The van der Waals surface area contributed by atoms with E-state index in [2.05, 4.69) is 4.98 Å². The third kappa shape index (κ3) is 3.22. The van der Waals surface area contributed by atoms with Crippen molar-refractivity contribution in [3.8, 4) is 6.07 Å². The molecule has 0 radical (unpaired) electrons. The van der Waals surface area contributed by atoms with Crippen molar-refractivity contribution in [1.29, 1.82) is 5.26 Å². The van der Waals surface area contributed by atoms with Crippen LogP contribution >= 0.6 is 23.4 Å². The van der Waals surface area contributed by atoms with Gasteiger partial charge in [-0.2, -0.15) is 5.26 Å². The molecular formula is C12H6ClN3O2S. The Hall–Kier alpha value is -2.10. The first-order valence-electron chi connectivity index (χ1n) is 5.08. The van der Waals surface area contributed by atoms with Gasteiger partial charge in [-0.25, -0.2) is 4.98 Å². The van der Waals surface area contributed by atoms with Crippen molar-refractivity contribution in [2.24, 2.45) is 0 Å². The van der Waals surface area contributed by atoms with Gasteiger partial charge in [-0.15, -0.1) is 0 Å². The molecule has 2 aromatic rings. The van der Waals surface area contributed by atoms with E-state index in [0.29, 0.717) is 14.9 Å². The molecule has 1 aromatic carbocycles. The number of halogens is 1. The third-order valence-corrected chi connectivity index (χ3v) is 3.37. The Kier molecular flexibility index (Phi) is 4.00. The number of pyridine rings is 1. The Morgan fingerprint density at radius 3 is 2.74 bits per heavy atom. The van der Waals surface area contributed by atoms with E-state index in [1.165, 1.54) is 30.1 Å². The summed E-state index contributed by atoms with van der Waals surface area (Å²) in [5, 5.41) is 20.8. The Bertz CT molecular complexity index is 668. The number of nitrogens with zero attached hydrogens (tertiary/aromatic N) is 3. The predicted molar refractivity (Wildman–Crippen MR) is 71.2 cm³/mol. The molecule has 94 valence electrons. The standard InChI is InChI=1S/C12H6ClN3O2S/c13-9-2-4-12(15-7-9)19-10-3-1-8(6-14)11(5-10)16(17)18/h1-5,7H. The van der Waals surface area contributed by atoms with E-state index in [1.807, 2.05) is 0 Å². The van der Waals surface area contributed by atoms with Gasteiger partial charge in [0.1, 0.15) is 16.7 Å². The van der Waals surface area contributed by atoms with Crippen LogP contribution in [0.2, 0.25) is 5.02 Å². The number of hydrogen-bond donors (Lipinski definition) is 0. The first-order valence-corrected chi connectivity index (χ1v) is 6.27. The summed E-state index contributed by atoms with van der Waals surface area (Å²) in [6, 6.07) is 9.63. The molecule has 0 aliphatic carbocycles. The molecule has 0 aliphatic rings. The minimum absolute atomic E-state index is 0.0402. The minimum Gasteiger partial charge on any atom is -0.258 e. The minimum atomic E-state index is -0.572. The SMILES string of the molecule is N#Cc1ccc(Sc2ccc(Cl)cn2)cc1[N+](=O)[O-]. The van der Waals surface area contributed by atoms with Gasteiger partial charge in [0.25, 0.3) is 5.69 Å². The summed E-state index contributed by atoms with van der Waals surface area (Å²) in [5.74, 6) is 0. The Balaban J connectivity index is 2.31. The summed E-state index contributed by atoms with van der Waals surface area (Å²) in [4.78, 5) is 15.0. The van der Waals surface area contributed by atoms with Crippen molar-refractivity contribution in [3.63, 3.8) is 0 Å². The average Bonchev–Trinajstić information content (AvgIpc) is 2.41. The molecule has 0 saturated carbocycles. The van der Waals surface area contributed by atoms with Crippen LogP contribution in [-0.4, -0.2) is 9.91 Å². The van der Waals surface area contributed by atoms with E-state index in [0.717, 1.165) is 0 Å². The fourth-order valence-electron chi connectivity index (χ4n) is 1.36. The summed E-state index contributed by atoms with van der Waals surface area (Å²) in [5.41, 5.74) is -0.167. The molecule has 0 unspecified atom stereocenters. The molecule has 0 N–H and O–H groups in total. The Morgan fingerprint density at radius 2 is 2.16 bits per heavy atom. The van der Waals surface area contributed by atoms with E-state index >= 15 is 0 Å². The lowest BCUT2D eigenvalue weighted by atomic mass is 10.2. The maximum atomic E-state index is 10.8. The molecule has 0 atom stereocenters. The van der Waals surface area contributed by atoms with Crippen molar-refractivity contribution in [1.82, 2.24) is 4.98 Å². The zero-order chi connectivity index (χ0) is 13.8. The van der Waals surface area contributed by atoms with Crippen LogP contribution in [-0.2, 0) is 0 Å². The van der Waals surface area contributed by atoms with Gasteiger partial charge in [-0.1, -0.05) is 23.4 Å². The molecule has 0 amide bonds. The second-order valence-electron chi connectivity index (χ2n) is 3.46. The van der Waals surface area contributed by atoms with Gasteiger partial charge in [-0.3, -0.25) is 10.1 Å². The highest BCUT2D eigenvalue weighted by atomic mass is 35.5. The monoisotopic (exact) mass is 291 g/mol. The van der Waals surface area contributed by atoms with Crippen molar-refractivity contribution < 1.29 is 4.92 Å². The molecule has 0 spiro atoms. The third-order valence-electron chi connectivity index (χ3n) is 2.21. The number of aromatic nitrogens is 1. The van der Waals surface area contributed by atoms with Crippen LogP contribution in [0, 0.1) is 21.4 Å². The molecule has 0 bridgehead atoms. The van der Waals surface area contributed by atoms with E-state index in [1.54, 1.807) is 24.3 Å². The predicted octanol–water partition coefficient (Wildman–Crippen LogP) is 3.67. The highest BCUT2D eigenvalue weighted by molar-refractivity contribution is 7.99. The van der Waals surface area contributed by atoms with Crippen LogP contribution in [0.25, 0.3) is 0 Å². The van der Waals surface area contributed by atoms with Crippen molar-refractivity contribution in [2.45, 2.75) is 9.92 Å².